The molecule has 17 heavy (non-hydrogen) atoms. The molecular weight excluding hydrogens is 262 g/mol. The highest BCUT2D eigenvalue weighted by Gasteiger charge is 2.13. The number of unbranched alkanes of at least 4 members (excludes halogenated alkanes) is 1. The summed E-state index contributed by atoms with van der Waals surface area (Å²) in [5.74, 6) is 0.445. The van der Waals surface area contributed by atoms with Crippen LogP contribution < -0.4 is 4.72 Å². The second-order valence-corrected chi connectivity index (χ2v) is 6.72. The first-order chi connectivity index (χ1) is 7.87. The normalized spacial score (nSPS) is 14.2. The second-order valence-electron chi connectivity index (χ2n) is 4.56. The van der Waals surface area contributed by atoms with Crippen LogP contribution in [-0.4, -0.2) is 39.3 Å². The van der Waals surface area contributed by atoms with Crippen LogP contribution in [0.25, 0.3) is 0 Å². The van der Waals surface area contributed by atoms with Crippen LogP contribution in [0.4, 0.5) is 0 Å². The van der Waals surface area contributed by atoms with E-state index >= 15 is 0 Å². The maximum atomic E-state index is 11.5. The predicted molar refractivity (Wildman–Crippen MR) is 72.0 cm³/mol. The fourth-order valence-electron chi connectivity index (χ4n) is 1.25. The molecule has 1 N–H and O–H groups in total. The van der Waals surface area contributed by atoms with E-state index in [2.05, 4.69) is 4.72 Å². The minimum absolute atomic E-state index is 0.0153. The lowest BCUT2D eigenvalue weighted by Crippen LogP contribution is -2.30. The van der Waals surface area contributed by atoms with Crippen LogP contribution in [0.3, 0.4) is 0 Å². The Morgan fingerprint density at radius 3 is 2.41 bits per heavy atom. The molecule has 0 saturated heterocycles. The van der Waals surface area contributed by atoms with Crippen molar-refractivity contribution < 1.29 is 13.2 Å². The van der Waals surface area contributed by atoms with Gasteiger partial charge in [0.25, 0.3) is 0 Å². The van der Waals surface area contributed by atoms with Crippen molar-refractivity contribution >= 4 is 21.6 Å². The van der Waals surface area contributed by atoms with Gasteiger partial charge in [0, 0.05) is 19.0 Å². The van der Waals surface area contributed by atoms with Crippen molar-refractivity contribution in [3.63, 3.8) is 0 Å². The number of ether oxygens (including phenoxy) is 1. The molecule has 0 fully saturated rings. The molecule has 0 aliphatic rings. The molecule has 0 saturated carbocycles. The fourth-order valence-corrected chi connectivity index (χ4v) is 2.93. The number of rotatable bonds is 10. The lowest BCUT2D eigenvalue weighted by molar-refractivity contribution is 0.0762. The Bertz CT molecular complexity index is 280. The molecular formula is C11H24ClNO3S. The summed E-state index contributed by atoms with van der Waals surface area (Å²) in [5.41, 5.74) is 0. The number of hydrogen-bond donors (Lipinski definition) is 1. The highest BCUT2D eigenvalue weighted by Crippen LogP contribution is 2.02. The Labute approximate surface area is 110 Å². The van der Waals surface area contributed by atoms with Crippen molar-refractivity contribution in [2.45, 2.75) is 39.7 Å². The summed E-state index contributed by atoms with van der Waals surface area (Å²) in [7, 11) is -3.17. The monoisotopic (exact) mass is 285 g/mol. The summed E-state index contributed by atoms with van der Waals surface area (Å²) < 4.78 is 31.0. The molecule has 0 bridgehead atoms. The number of sulfonamides is 1. The molecule has 0 aliphatic carbocycles. The van der Waals surface area contributed by atoms with E-state index in [-0.39, 0.29) is 17.8 Å². The minimum Gasteiger partial charge on any atom is -0.379 e. The zero-order chi connectivity index (χ0) is 13.3. The van der Waals surface area contributed by atoms with Gasteiger partial charge >= 0.3 is 0 Å². The molecule has 0 spiro atoms. The maximum absolute atomic E-state index is 11.5. The third kappa shape index (κ3) is 11.0. The van der Waals surface area contributed by atoms with E-state index < -0.39 is 10.0 Å². The zero-order valence-electron chi connectivity index (χ0n) is 10.9. The Kier molecular flexibility index (Phi) is 9.22. The quantitative estimate of drug-likeness (QED) is 0.493. The van der Waals surface area contributed by atoms with Crippen molar-refractivity contribution in [3.05, 3.63) is 0 Å². The van der Waals surface area contributed by atoms with Gasteiger partial charge in [0.15, 0.2) is 0 Å². The summed E-state index contributed by atoms with van der Waals surface area (Å²) in [6.45, 7) is 6.94. The first-order valence-electron chi connectivity index (χ1n) is 6.02. The smallest absolute Gasteiger partial charge is 0.211 e. The average molecular weight is 286 g/mol. The summed E-state index contributed by atoms with van der Waals surface area (Å²) in [4.78, 5) is 0. The van der Waals surface area contributed by atoms with Gasteiger partial charge in [-0.3, -0.25) is 0 Å². The van der Waals surface area contributed by atoms with Gasteiger partial charge in [-0.25, -0.2) is 13.1 Å². The van der Waals surface area contributed by atoms with E-state index in [1.54, 1.807) is 0 Å². The van der Waals surface area contributed by atoms with E-state index in [1.807, 2.05) is 20.8 Å². The average Bonchev–Trinajstić information content (AvgIpc) is 2.22. The van der Waals surface area contributed by atoms with Gasteiger partial charge in [0.2, 0.25) is 10.0 Å². The molecule has 0 radical (unpaired) electrons. The number of nitrogens with one attached hydrogen (secondary N) is 1. The fraction of sp³-hybridized carbons (Fsp3) is 1.00. The molecule has 0 aliphatic heterocycles. The largest absolute Gasteiger partial charge is 0.379 e. The molecule has 6 heteroatoms. The molecule has 4 nitrogen and oxygen atoms in total. The van der Waals surface area contributed by atoms with Crippen LogP contribution >= 0.6 is 11.6 Å². The van der Waals surface area contributed by atoms with Crippen molar-refractivity contribution in [2.75, 3.05) is 24.8 Å². The topological polar surface area (TPSA) is 55.4 Å². The molecule has 0 aromatic carbocycles. The lowest BCUT2D eigenvalue weighted by atomic mass is 10.3. The Morgan fingerprint density at radius 1 is 1.24 bits per heavy atom. The zero-order valence-corrected chi connectivity index (χ0v) is 12.5. The third-order valence-corrected chi connectivity index (χ3v) is 4.29. The van der Waals surface area contributed by atoms with Gasteiger partial charge in [0.1, 0.15) is 0 Å². The van der Waals surface area contributed by atoms with E-state index in [1.165, 1.54) is 0 Å². The van der Waals surface area contributed by atoms with E-state index in [4.69, 9.17) is 16.3 Å². The second kappa shape index (κ2) is 9.14. The van der Waals surface area contributed by atoms with Crippen LogP contribution in [-0.2, 0) is 14.8 Å². The highest BCUT2D eigenvalue weighted by atomic mass is 35.5. The van der Waals surface area contributed by atoms with Crippen molar-refractivity contribution in [3.8, 4) is 0 Å². The Morgan fingerprint density at radius 2 is 1.88 bits per heavy atom. The summed E-state index contributed by atoms with van der Waals surface area (Å²) in [6.07, 6.45) is 1.89. The molecule has 1 unspecified atom stereocenters. The van der Waals surface area contributed by atoms with Crippen LogP contribution in [0, 0.1) is 5.92 Å². The van der Waals surface area contributed by atoms with Gasteiger partial charge in [-0.2, -0.15) is 0 Å². The summed E-state index contributed by atoms with van der Waals surface area (Å²) >= 11 is 5.58. The Balaban J connectivity index is 3.59. The molecule has 0 aromatic heterocycles. The molecule has 0 amide bonds. The SMILES string of the molecule is CC(CCl)CS(=O)(=O)NCCCCOC(C)C. The van der Waals surface area contributed by atoms with Crippen LogP contribution in [0.5, 0.6) is 0 Å². The Hall–Kier alpha value is 0.160. The van der Waals surface area contributed by atoms with Gasteiger partial charge in [0.05, 0.1) is 11.9 Å². The van der Waals surface area contributed by atoms with Crippen LogP contribution in [0.15, 0.2) is 0 Å². The number of hydrogen-bond acceptors (Lipinski definition) is 3. The van der Waals surface area contributed by atoms with E-state index in [0.29, 0.717) is 19.0 Å². The van der Waals surface area contributed by atoms with Gasteiger partial charge in [-0.05, 0) is 32.6 Å². The van der Waals surface area contributed by atoms with Gasteiger partial charge in [-0.15, -0.1) is 11.6 Å². The standard InChI is InChI=1S/C11H24ClNO3S/c1-10(2)16-7-5-4-6-13-17(14,15)9-11(3)8-12/h10-11,13H,4-9H2,1-3H3. The van der Waals surface area contributed by atoms with Gasteiger partial charge in [-0.1, -0.05) is 6.92 Å². The lowest BCUT2D eigenvalue weighted by Gasteiger charge is -2.10. The van der Waals surface area contributed by atoms with Crippen molar-refractivity contribution in [1.82, 2.24) is 4.72 Å². The van der Waals surface area contributed by atoms with Crippen molar-refractivity contribution in [2.24, 2.45) is 5.92 Å². The minimum atomic E-state index is -3.17. The predicted octanol–water partition coefficient (Wildman–Crippen LogP) is 1.99. The van der Waals surface area contributed by atoms with Gasteiger partial charge < -0.3 is 4.74 Å². The third-order valence-electron chi connectivity index (χ3n) is 2.11. The molecule has 0 aromatic rings. The van der Waals surface area contributed by atoms with Crippen molar-refractivity contribution in [1.29, 1.82) is 0 Å². The molecule has 0 rings (SSSR count). The maximum Gasteiger partial charge on any atom is 0.211 e. The number of alkyl halides is 1. The molecule has 1 atom stereocenters. The first-order valence-corrected chi connectivity index (χ1v) is 8.21. The highest BCUT2D eigenvalue weighted by molar-refractivity contribution is 7.89. The van der Waals surface area contributed by atoms with E-state index in [9.17, 15) is 8.42 Å². The summed E-state index contributed by atoms with van der Waals surface area (Å²) in [5, 5.41) is 0. The molecule has 104 valence electrons. The van der Waals surface area contributed by atoms with E-state index in [0.717, 1.165) is 12.8 Å². The van der Waals surface area contributed by atoms with Crippen LogP contribution in [0.1, 0.15) is 33.6 Å². The summed E-state index contributed by atoms with van der Waals surface area (Å²) in [6, 6.07) is 0. The molecule has 0 heterocycles. The van der Waals surface area contributed by atoms with Crippen LogP contribution in [0.2, 0.25) is 0 Å². The first kappa shape index (κ1) is 17.2. The number of halogens is 1.